The van der Waals surface area contributed by atoms with Crippen molar-refractivity contribution >= 4 is 17.6 Å². The van der Waals surface area contributed by atoms with Gasteiger partial charge >= 0.3 is 5.97 Å². The van der Waals surface area contributed by atoms with E-state index in [-0.39, 0.29) is 18.3 Å². The first-order chi connectivity index (χ1) is 17.4. The summed E-state index contributed by atoms with van der Waals surface area (Å²) in [6.45, 7) is 14.1. The Morgan fingerprint density at radius 1 is 1.14 bits per heavy atom. The predicted molar refractivity (Wildman–Crippen MR) is 146 cm³/mol. The fourth-order valence-corrected chi connectivity index (χ4v) is 5.67. The third-order valence-corrected chi connectivity index (χ3v) is 7.51. The number of hydrogen-bond donors (Lipinski definition) is 1. The number of ether oxygens (including phenoxy) is 1. The lowest BCUT2D eigenvalue weighted by Crippen LogP contribution is -2.31. The lowest BCUT2D eigenvalue weighted by atomic mass is 9.69. The maximum absolute atomic E-state index is 13.5. The summed E-state index contributed by atoms with van der Waals surface area (Å²) in [5, 5.41) is 7.56. The van der Waals surface area contributed by atoms with E-state index in [2.05, 4.69) is 24.3 Å². The molecule has 0 bridgehead atoms. The molecule has 2 saturated carbocycles. The molecule has 6 heteroatoms. The maximum atomic E-state index is 13.5. The van der Waals surface area contributed by atoms with E-state index in [1.807, 2.05) is 52.8 Å². The average molecular weight is 509 g/mol. The number of amides is 1. The molecule has 0 saturated heterocycles. The molecule has 202 valence electrons. The van der Waals surface area contributed by atoms with Crippen molar-refractivity contribution < 1.29 is 18.8 Å². The van der Waals surface area contributed by atoms with Crippen LogP contribution < -0.4 is 5.32 Å². The van der Waals surface area contributed by atoms with E-state index in [0.717, 1.165) is 59.9 Å². The quantitative estimate of drug-likeness (QED) is 0.342. The van der Waals surface area contributed by atoms with E-state index in [9.17, 15) is 9.59 Å². The maximum Gasteiger partial charge on any atom is 0.307 e. The van der Waals surface area contributed by atoms with E-state index in [1.54, 1.807) is 0 Å². The van der Waals surface area contributed by atoms with Gasteiger partial charge in [-0.1, -0.05) is 36.7 Å². The molecule has 2 aromatic rings. The summed E-state index contributed by atoms with van der Waals surface area (Å²) in [6, 6.07) is 5.94. The van der Waals surface area contributed by atoms with Gasteiger partial charge in [-0.15, -0.1) is 0 Å². The highest BCUT2D eigenvalue weighted by Gasteiger charge is 2.41. The molecule has 0 unspecified atom stereocenters. The van der Waals surface area contributed by atoms with Gasteiger partial charge in [0.2, 0.25) is 5.91 Å². The van der Waals surface area contributed by atoms with Gasteiger partial charge < -0.3 is 14.6 Å². The number of benzene rings is 1. The first-order valence-corrected chi connectivity index (χ1v) is 14.0. The Hall–Kier alpha value is -2.63. The highest BCUT2D eigenvalue weighted by molar-refractivity contribution is 5.95. The van der Waals surface area contributed by atoms with Gasteiger partial charge in [0.05, 0.1) is 18.0 Å². The predicted octanol–water partition coefficient (Wildman–Crippen LogP) is 7.24. The number of nitrogens with zero attached hydrogens (tertiary/aromatic N) is 1. The number of carbonyl (C=O) groups excluding carboxylic acids is 2. The van der Waals surface area contributed by atoms with Gasteiger partial charge in [-0.3, -0.25) is 9.59 Å². The van der Waals surface area contributed by atoms with E-state index in [1.165, 1.54) is 12.0 Å². The van der Waals surface area contributed by atoms with E-state index < -0.39 is 11.5 Å². The molecular formula is C31H44N2O4. The average Bonchev–Trinajstić information content (AvgIpc) is 3.50. The Labute approximate surface area is 221 Å². The van der Waals surface area contributed by atoms with E-state index in [4.69, 9.17) is 9.26 Å². The zero-order valence-electron chi connectivity index (χ0n) is 23.6. The standard InChI is InChI=1S/C31H44N2O4/c1-18(2)12-21-14-23(15-21)29-28(22-9-10-22)26(33-37-29)16-24(17-27(34)36-31(5,6)7)30(35)32-25-11-8-19(3)13-20(25)4/h8,11,13,18,21-24H,9-10,12,14-17H2,1-7H3,(H,32,35)/t21-,23+,24-/m1/s1. The molecule has 1 amide bonds. The normalized spacial score (nSPS) is 20.4. The smallest absolute Gasteiger partial charge is 0.307 e. The summed E-state index contributed by atoms with van der Waals surface area (Å²) in [6.07, 6.45) is 6.20. The number of nitrogens with one attached hydrogen (secondary N) is 1. The number of carbonyl (C=O) groups is 2. The van der Waals surface area contributed by atoms with Crippen LogP contribution in [-0.4, -0.2) is 22.6 Å². The molecule has 2 fully saturated rings. The fraction of sp³-hybridized carbons (Fsp3) is 0.645. The first-order valence-electron chi connectivity index (χ1n) is 14.0. The molecule has 0 radical (unpaired) electrons. The second-order valence-electron chi connectivity index (χ2n) is 12.8. The summed E-state index contributed by atoms with van der Waals surface area (Å²) in [4.78, 5) is 26.3. The number of rotatable bonds is 10. The van der Waals surface area contributed by atoms with Crippen molar-refractivity contribution in [1.82, 2.24) is 5.16 Å². The van der Waals surface area contributed by atoms with Crippen LogP contribution in [0.1, 0.15) is 113 Å². The van der Waals surface area contributed by atoms with Crippen LogP contribution in [0.15, 0.2) is 22.7 Å². The van der Waals surface area contributed by atoms with Crippen molar-refractivity contribution in [2.75, 3.05) is 5.32 Å². The van der Waals surface area contributed by atoms with Crippen molar-refractivity contribution in [2.45, 2.75) is 111 Å². The van der Waals surface area contributed by atoms with Crippen molar-refractivity contribution in [3.63, 3.8) is 0 Å². The van der Waals surface area contributed by atoms with Crippen LogP contribution in [0.25, 0.3) is 0 Å². The summed E-state index contributed by atoms with van der Waals surface area (Å²) < 4.78 is 11.6. The van der Waals surface area contributed by atoms with Crippen LogP contribution in [0.2, 0.25) is 0 Å². The summed E-state index contributed by atoms with van der Waals surface area (Å²) >= 11 is 0. The lowest BCUT2D eigenvalue weighted by molar-refractivity contribution is -0.157. The molecule has 0 spiro atoms. The molecule has 2 aliphatic rings. The van der Waals surface area contributed by atoms with Gasteiger partial charge in [0, 0.05) is 23.6 Å². The molecular weight excluding hydrogens is 464 g/mol. The van der Waals surface area contributed by atoms with Crippen LogP contribution >= 0.6 is 0 Å². The molecule has 1 N–H and O–H groups in total. The van der Waals surface area contributed by atoms with Crippen LogP contribution in [0.3, 0.4) is 0 Å². The lowest BCUT2D eigenvalue weighted by Gasteiger charge is -2.35. The number of hydrogen-bond acceptors (Lipinski definition) is 5. The topological polar surface area (TPSA) is 81.4 Å². The Balaban J connectivity index is 1.54. The summed E-state index contributed by atoms with van der Waals surface area (Å²) in [5.74, 6) is 2.23. The molecule has 1 aromatic heterocycles. The van der Waals surface area contributed by atoms with Crippen LogP contribution in [0.5, 0.6) is 0 Å². The highest BCUT2D eigenvalue weighted by atomic mass is 16.6. The molecule has 2 aliphatic carbocycles. The molecule has 0 aliphatic heterocycles. The summed E-state index contributed by atoms with van der Waals surface area (Å²) in [7, 11) is 0. The van der Waals surface area contributed by atoms with Gasteiger partial charge in [-0.25, -0.2) is 0 Å². The molecule has 1 aromatic carbocycles. The van der Waals surface area contributed by atoms with E-state index in [0.29, 0.717) is 24.2 Å². The second-order valence-corrected chi connectivity index (χ2v) is 12.8. The molecule has 37 heavy (non-hydrogen) atoms. The van der Waals surface area contributed by atoms with Crippen molar-refractivity contribution in [1.29, 1.82) is 0 Å². The largest absolute Gasteiger partial charge is 0.460 e. The van der Waals surface area contributed by atoms with Crippen molar-refractivity contribution in [3.05, 3.63) is 46.3 Å². The second kappa shape index (κ2) is 11.0. The Morgan fingerprint density at radius 3 is 2.43 bits per heavy atom. The Bertz CT molecular complexity index is 1120. The Morgan fingerprint density at radius 2 is 1.84 bits per heavy atom. The number of aromatic nitrogens is 1. The molecule has 4 rings (SSSR count). The van der Waals surface area contributed by atoms with Crippen molar-refractivity contribution in [2.24, 2.45) is 17.8 Å². The molecule has 6 nitrogen and oxygen atoms in total. The SMILES string of the molecule is Cc1ccc(NC(=O)[C@@H](CC(=O)OC(C)(C)C)Cc2noc([C@H]3C[C@@H](CC(C)C)C3)c2C2CC2)c(C)c1. The fourth-order valence-electron chi connectivity index (χ4n) is 5.67. The number of anilines is 1. The first kappa shape index (κ1) is 27.4. The van der Waals surface area contributed by atoms with Crippen molar-refractivity contribution in [3.8, 4) is 0 Å². The van der Waals surface area contributed by atoms with Gasteiger partial charge in [-0.05, 0) is 96.1 Å². The van der Waals surface area contributed by atoms with Gasteiger partial charge in [-0.2, -0.15) is 0 Å². The summed E-state index contributed by atoms with van der Waals surface area (Å²) in [5.41, 5.74) is 4.33. The minimum absolute atomic E-state index is 0.000202. The van der Waals surface area contributed by atoms with Crippen LogP contribution in [-0.2, 0) is 20.7 Å². The zero-order valence-corrected chi connectivity index (χ0v) is 23.6. The van der Waals surface area contributed by atoms with Crippen LogP contribution in [0, 0.1) is 31.6 Å². The Kier molecular flexibility index (Phi) is 8.15. The zero-order chi connectivity index (χ0) is 26.9. The third kappa shape index (κ3) is 7.24. The highest BCUT2D eigenvalue weighted by Crippen LogP contribution is 2.51. The monoisotopic (exact) mass is 508 g/mol. The molecule has 1 atom stereocenters. The third-order valence-electron chi connectivity index (χ3n) is 7.51. The minimum atomic E-state index is -0.608. The van der Waals surface area contributed by atoms with Crippen LogP contribution in [0.4, 0.5) is 5.69 Å². The number of aryl methyl sites for hydroxylation is 2. The number of esters is 1. The minimum Gasteiger partial charge on any atom is -0.460 e. The van der Waals surface area contributed by atoms with Gasteiger partial charge in [0.25, 0.3) is 0 Å². The van der Waals surface area contributed by atoms with Gasteiger partial charge in [0.15, 0.2) is 0 Å². The van der Waals surface area contributed by atoms with Gasteiger partial charge in [0.1, 0.15) is 11.4 Å². The molecule has 1 heterocycles. The van der Waals surface area contributed by atoms with E-state index >= 15 is 0 Å².